The molecule has 4 aromatic carbocycles. The van der Waals surface area contributed by atoms with Gasteiger partial charge < -0.3 is 52.8 Å². The highest BCUT2D eigenvalue weighted by Crippen LogP contribution is 2.19. The van der Waals surface area contributed by atoms with Crippen LogP contribution in [0.1, 0.15) is 19.3 Å². The standard InChI is InChI=1S/C20H25N5O6S.C18H23N5O5S/c21-9-11-31-10-8-17(26)13-19(27)23-15-2-1-3-16(12-15)25-20(28)24-14-4-6-18(7-5-14)32(22,29)30;19-9-11-28-10-8-17(24)21-14-2-1-3-15(12-14)23-18(25)22-13-4-6-16(7-5-13)29(20,26)27/h1-7,12H,8-11,13,21H2,(H,23,27)(H2,22,29,30)(H2,24,25,28);1-7,12H,8-11,19H2,(H,21,24)(H2,20,26,27)(H2,22,23,25). The molecule has 0 spiro atoms. The number of ether oxygens (including phenoxy) is 2. The van der Waals surface area contributed by atoms with Crippen molar-refractivity contribution >= 4 is 83.8 Å². The molecule has 21 nitrogen and oxygen atoms in total. The largest absolute Gasteiger partial charge is 0.380 e. The van der Waals surface area contributed by atoms with E-state index in [9.17, 15) is 40.8 Å². The van der Waals surface area contributed by atoms with Gasteiger partial charge in [0.05, 0.1) is 49.1 Å². The van der Waals surface area contributed by atoms with Crippen LogP contribution in [0.15, 0.2) is 107 Å². The molecular weight excluding hydrogens is 837 g/mol. The van der Waals surface area contributed by atoms with Crippen LogP contribution in [0.2, 0.25) is 0 Å². The number of sulfonamides is 2. The van der Waals surface area contributed by atoms with Crippen LogP contribution in [0.5, 0.6) is 0 Å². The van der Waals surface area contributed by atoms with Crippen LogP contribution in [-0.2, 0) is 43.9 Å². The second kappa shape index (κ2) is 24.7. The average Bonchev–Trinajstić information content (AvgIpc) is 3.18. The molecule has 0 atom stereocenters. The summed E-state index contributed by atoms with van der Waals surface area (Å²) in [5.41, 5.74) is 13.1. The molecule has 0 saturated heterocycles. The number of benzene rings is 4. The number of rotatable bonds is 20. The zero-order valence-corrected chi connectivity index (χ0v) is 34.4. The summed E-state index contributed by atoms with van der Waals surface area (Å²) >= 11 is 0. The van der Waals surface area contributed by atoms with Gasteiger partial charge in [0, 0.05) is 53.6 Å². The summed E-state index contributed by atoms with van der Waals surface area (Å²) in [5.74, 6) is -0.967. The number of amides is 6. The lowest BCUT2D eigenvalue weighted by atomic mass is 10.2. The summed E-state index contributed by atoms with van der Waals surface area (Å²) in [7, 11) is -7.62. The van der Waals surface area contributed by atoms with Crippen LogP contribution >= 0.6 is 0 Å². The number of carbonyl (C=O) groups excluding carboxylic acids is 5. The summed E-state index contributed by atoms with van der Waals surface area (Å²) in [6.45, 7) is 1.99. The molecule has 0 radical (unpaired) electrons. The monoisotopic (exact) mass is 884 g/mol. The number of hydrogen-bond acceptors (Lipinski definition) is 13. The van der Waals surface area contributed by atoms with Gasteiger partial charge in [-0.25, -0.2) is 36.7 Å². The lowest BCUT2D eigenvalue weighted by molar-refractivity contribution is -0.126. The van der Waals surface area contributed by atoms with Gasteiger partial charge >= 0.3 is 12.1 Å². The predicted molar refractivity (Wildman–Crippen MR) is 230 cm³/mol. The number of ketones is 1. The fourth-order valence-electron chi connectivity index (χ4n) is 4.81. The summed E-state index contributed by atoms with van der Waals surface area (Å²) < 4.78 is 55.3. The van der Waals surface area contributed by atoms with Gasteiger partial charge in [0.2, 0.25) is 31.9 Å². The predicted octanol–water partition coefficient (Wildman–Crippen LogP) is 2.52. The molecule has 0 aliphatic carbocycles. The highest BCUT2D eigenvalue weighted by molar-refractivity contribution is 7.89. The Bertz CT molecular complexity index is 2330. The first-order chi connectivity index (χ1) is 28.9. The first-order valence-electron chi connectivity index (χ1n) is 18.2. The summed E-state index contributed by atoms with van der Waals surface area (Å²) in [6, 6.07) is 22.6. The van der Waals surface area contributed by atoms with Crippen molar-refractivity contribution in [2.75, 3.05) is 71.4 Å². The molecular formula is C38H48N10O11S2. The maximum Gasteiger partial charge on any atom is 0.323 e. The molecule has 0 heterocycles. The first-order valence-corrected chi connectivity index (χ1v) is 21.3. The van der Waals surface area contributed by atoms with Crippen molar-refractivity contribution in [1.82, 2.24) is 0 Å². The van der Waals surface area contributed by atoms with Gasteiger partial charge in [0.25, 0.3) is 0 Å². The lowest BCUT2D eigenvalue weighted by Crippen LogP contribution is -2.20. The summed E-state index contributed by atoms with van der Waals surface area (Å²) in [4.78, 5) is 59.9. The lowest BCUT2D eigenvalue weighted by Gasteiger charge is -2.10. The van der Waals surface area contributed by atoms with Crippen LogP contribution in [-0.4, -0.2) is 86.0 Å². The van der Waals surface area contributed by atoms with Gasteiger partial charge in [-0.2, -0.15) is 0 Å². The Hall–Kier alpha value is -6.31. The van der Waals surface area contributed by atoms with Gasteiger partial charge in [-0.15, -0.1) is 0 Å². The number of hydrogen-bond donors (Lipinski definition) is 10. The molecule has 0 aliphatic heterocycles. The van der Waals surface area contributed by atoms with E-state index in [1.165, 1.54) is 54.6 Å². The quantitative estimate of drug-likeness (QED) is 0.0451. The Morgan fingerprint density at radius 3 is 1.21 bits per heavy atom. The van der Waals surface area contributed by atoms with Crippen LogP contribution in [0.4, 0.5) is 43.7 Å². The maximum absolute atomic E-state index is 12.2. The first kappa shape index (κ1) is 49.1. The zero-order valence-electron chi connectivity index (χ0n) is 32.7. The SMILES string of the molecule is NCCOCCC(=O)CC(=O)Nc1cccc(NC(=O)Nc2ccc(S(N)(=O)=O)cc2)c1.NCCOCCC(=O)Nc1cccc(NC(=O)Nc2ccc(S(N)(=O)=O)cc2)c1. The second-order valence-corrected chi connectivity index (χ2v) is 15.7. The number of nitrogens with two attached hydrogens (primary N) is 4. The molecule has 0 bridgehead atoms. The van der Waals surface area contributed by atoms with E-state index in [4.69, 9.17) is 31.2 Å². The van der Waals surface area contributed by atoms with Crippen LogP contribution in [0.25, 0.3) is 0 Å². The fourth-order valence-corrected chi connectivity index (χ4v) is 5.84. The topological polar surface area (TPSA) is 348 Å². The molecule has 14 N–H and O–H groups in total. The summed E-state index contributed by atoms with van der Waals surface area (Å²) in [6.07, 6.45) is 0.0126. The molecule has 4 rings (SSSR count). The minimum atomic E-state index is -3.82. The number of anilines is 6. The number of carbonyl (C=O) groups is 5. The number of nitrogens with one attached hydrogen (secondary N) is 6. The third-order valence-corrected chi connectivity index (χ3v) is 9.43. The minimum absolute atomic E-state index is 0.0553. The Balaban J connectivity index is 0.000000327. The fraction of sp³-hybridized carbons (Fsp3) is 0.237. The molecule has 0 aliphatic rings. The van der Waals surface area contributed by atoms with Crippen LogP contribution < -0.4 is 53.6 Å². The van der Waals surface area contributed by atoms with Crippen LogP contribution in [0, 0.1) is 0 Å². The van der Waals surface area contributed by atoms with Gasteiger partial charge in [-0.1, -0.05) is 12.1 Å². The highest BCUT2D eigenvalue weighted by Gasteiger charge is 2.13. The third kappa shape index (κ3) is 19.5. The van der Waals surface area contributed by atoms with Gasteiger partial charge in [-0.05, 0) is 84.9 Å². The van der Waals surface area contributed by atoms with Crippen molar-refractivity contribution in [3.8, 4) is 0 Å². The minimum Gasteiger partial charge on any atom is -0.380 e. The average molecular weight is 885 g/mol. The van der Waals surface area contributed by atoms with Crippen molar-refractivity contribution < 1.29 is 50.3 Å². The normalized spacial score (nSPS) is 11.0. The van der Waals surface area contributed by atoms with Crippen LogP contribution in [0.3, 0.4) is 0 Å². The zero-order chi connectivity index (χ0) is 44.8. The molecule has 0 unspecified atom stereocenters. The van der Waals surface area contributed by atoms with E-state index in [0.29, 0.717) is 60.4 Å². The Kier molecular flexibility index (Phi) is 19.9. The van der Waals surface area contributed by atoms with Crippen molar-refractivity contribution in [3.63, 3.8) is 0 Å². The number of Topliss-reactive ketones (excluding diaryl/α,β-unsaturated/α-hetero) is 1. The Morgan fingerprint density at radius 2 is 0.820 bits per heavy atom. The van der Waals surface area contributed by atoms with Gasteiger partial charge in [-0.3, -0.25) is 14.4 Å². The Labute approximate surface area is 352 Å². The summed E-state index contributed by atoms with van der Waals surface area (Å²) in [5, 5.41) is 25.7. The van der Waals surface area contributed by atoms with E-state index < -0.39 is 38.0 Å². The number of urea groups is 2. The molecule has 0 saturated carbocycles. The van der Waals surface area contributed by atoms with Crippen molar-refractivity contribution in [1.29, 1.82) is 0 Å². The highest BCUT2D eigenvalue weighted by atomic mass is 32.2. The van der Waals surface area contributed by atoms with Crippen molar-refractivity contribution in [2.45, 2.75) is 29.1 Å². The van der Waals surface area contributed by atoms with E-state index in [-0.39, 0.29) is 54.0 Å². The van der Waals surface area contributed by atoms with E-state index >= 15 is 0 Å². The van der Waals surface area contributed by atoms with Gasteiger partial charge in [0.15, 0.2) is 0 Å². The van der Waals surface area contributed by atoms with E-state index in [0.717, 1.165) is 0 Å². The second-order valence-electron chi connectivity index (χ2n) is 12.6. The van der Waals surface area contributed by atoms with Crippen molar-refractivity contribution in [2.24, 2.45) is 21.7 Å². The molecule has 328 valence electrons. The molecule has 0 aromatic heterocycles. The molecule has 6 amide bonds. The van der Waals surface area contributed by atoms with E-state index in [1.807, 2.05) is 0 Å². The van der Waals surface area contributed by atoms with Crippen molar-refractivity contribution in [3.05, 3.63) is 97.1 Å². The van der Waals surface area contributed by atoms with Gasteiger partial charge in [0.1, 0.15) is 5.78 Å². The smallest absolute Gasteiger partial charge is 0.323 e. The molecule has 4 aromatic rings. The third-order valence-electron chi connectivity index (χ3n) is 7.57. The van der Waals surface area contributed by atoms with E-state index in [1.54, 1.807) is 42.5 Å². The maximum atomic E-state index is 12.2. The molecule has 0 fully saturated rings. The molecule has 61 heavy (non-hydrogen) atoms. The van der Waals surface area contributed by atoms with E-state index in [2.05, 4.69) is 31.9 Å². The Morgan fingerprint density at radius 1 is 0.459 bits per heavy atom. The number of primary sulfonamides is 2. The molecule has 23 heteroatoms.